The molecule has 3 aromatic rings. The molecule has 3 rings (SSSR count). The average Bonchev–Trinajstić information content (AvgIpc) is 2.64. The number of nitro groups is 1. The Bertz CT molecular complexity index is 936. The molecule has 0 spiro atoms. The van der Waals surface area contributed by atoms with E-state index in [9.17, 15) is 14.5 Å². The van der Waals surface area contributed by atoms with Gasteiger partial charge in [-0.2, -0.15) is 9.37 Å². The third-order valence-corrected chi connectivity index (χ3v) is 3.40. The minimum atomic E-state index is -0.897. The van der Waals surface area contributed by atoms with Gasteiger partial charge in [-0.1, -0.05) is 6.07 Å². The molecule has 0 aliphatic carbocycles. The van der Waals surface area contributed by atoms with Crippen molar-refractivity contribution >= 4 is 23.1 Å². The highest BCUT2D eigenvalue weighted by Gasteiger charge is 2.15. The first-order valence-electron chi connectivity index (χ1n) is 7.82. The number of aromatic nitrogens is 3. The van der Waals surface area contributed by atoms with Crippen molar-refractivity contribution in [2.45, 2.75) is 6.92 Å². The molecule has 26 heavy (non-hydrogen) atoms. The lowest BCUT2D eigenvalue weighted by Crippen LogP contribution is -2.06. The van der Waals surface area contributed by atoms with Gasteiger partial charge in [-0.3, -0.25) is 15.1 Å². The number of hydrogen-bond acceptors (Lipinski definition) is 7. The van der Waals surface area contributed by atoms with E-state index in [2.05, 4.69) is 25.6 Å². The number of nitrogens with one attached hydrogen (secondary N) is 2. The highest BCUT2D eigenvalue weighted by molar-refractivity contribution is 5.66. The number of nitrogens with zero attached hydrogens (tertiary/aromatic N) is 4. The molecule has 0 aliphatic heterocycles. The maximum atomic E-state index is 13.5. The van der Waals surface area contributed by atoms with Crippen LogP contribution in [0, 0.1) is 15.9 Å². The van der Waals surface area contributed by atoms with Crippen molar-refractivity contribution in [3.8, 4) is 11.4 Å². The Labute approximate surface area is 148 Å². The van der Waals surface area contributed by atoms with E-state index in [1.807, 2.05) is 19.1 Å². The molecule has 1 aromatic carbocycles. The summed E-state index contributed by atoms with van der Waals surface area (Å²) in [4.78, 5) is 23.1. The number of nitro benzene ring substituents is 1. The first-order chi connectivity index (χ1) is 12.6. The summed E-state index contributed by atoms with van der Waals surface area (Å²) in [6.07, 6.45) is 1.65. The van der Waals surface area contributed by atoms with E-state index >= 15 is 0 Å². The summed E-state index contributed by atoms with van der Waals surface area (Å²) >= 11 is 0. The van der Waals surface area contributed by atoms with Crippen molar-refractivity contribution in [1.29, 1.82) is 0 Å². The Balaban J connectivity index is 1.98. The van der Waals surface area contributed by atoms with Gasteiger partial charge in [0.15, 0.2) is 0 Å². The van der Waals surface area contributed by atoms with Crippen LogP contribution in [0.25, 0.3) is 11.4 Å². The van der Waals surface area contributed by atoms with E-state index < -0.39 is 16.4 Å². The second kappa shape index (κ2) is 7.51. The van der Waals surface area contributed by atoms with Crippen LogP contribution >= 0.6 is 0 Å². The van der Waals surface area contributed by atoms with Crippen molar-refractivity contribution in [3.05, 3.63) is 64.6 Å². The summed E-state index contributed by atoms with van der Waals surface area (Å²) in [7, 11) is 0. The second-order valence-corrected chi connectivity index (χ2v) is 5.26. The van der Waals surface area contributed by atoms with Crippen LogP contribution in [-0.2, 0) is 0 Å². The smallest absolute Gasteiger partial charge is 0.306 e. The van der Waals surface area contributed by atoms with Crippen molar-refractivity contribution in [2.75, 3.05) is 17.2 Å². The predicted molar refractivity (Wildman–Crippen MR) is 95.8 cm³/mol. The van der Waals surface area contributed by atoms with E-state index in [0.29, 0.717) is 35.4 Å². The fraction of sp³-hybridized carbons (Fsp3) is 0.118. The largest absolute Gasteiger partial charge is 0.354 e. The molecule has 0 radical (unpaired) electrons. The standard InChI is InChI=1S/C17H15FN6O2/c1-2-19-17-22-14(13-5-3-4-8-20-13)10-16(23-17)21-11-6-7-12(18)15(9-11)24(25)26/h3-10H,2H2,1H3,(H2,19,21,22,23). The third-order valence-electron chi connectivity index (χ3n) is 3.40. The zero-order chi connectivity index (χ0) is 18.5. The lowest BCUT2D eigenvalue weighted by atomic mass is 10.2. The Kier molecular flexibility index (Phi) is 4.97. The van der Waals surface area contributed by atoms with Crippen molar-refractivity contribution in [3.63, 3.8) is 0 Å². The normalized spacial score (nSPS) is 10.4. The van der Waals surface area contributed by atoms with Gasteiger partial charge in [0, 0.05) is 30.6 Å². The van der Waals surface area contributed by atoms with Crippen LogP contribution in [0.4, 0.5) is 27.5 Å². The van der Waals surface area contributed by atoms with Gasteiger partial charge >= 0.3 is 5.69 Å². The Hall–Kier alpha value is -3.62. The van der Waals surface area contributed by atoms with Gasteiger partial charge < -0.3 is 10.6 Å². The second-order valence-electron chi connectivity index (χ2n) is 5.26. The zero-order valence-corrected chi connectivity index (χ0v) is 13.8. The van der Waals surface area contributed by atoms with Gasteiger partial charge in [-0.05, 0) is 31.2 Å². The molecule has 132 valence electrons. The third kappa shape index (κ3) is 3.89. The highest BCUT2D eigenvalue weighted by Crippen LogP contribution is 2.26. The number of hydrogen-bond donors (Lipinski definition) is 2. The fourth-order valence-corrected chi connectivity index (χ4v) is 2.27. The van der Waals surface area contributed by atoms with Crippen LogP contribution in [0.2, 0.25) is 0 Å². The highest BCUT2D eigenvalue weighted by atomic mass is 19.1. The first kappa shape index (κ1) is 17.2. The maximum absolute atomic E-state index is 13.5. The van der Waals surface area contributed by atoms with E-state index in [1.54, 1.807) is 18.3 Å². The molecule has 0 atom stereocenters. The van der Waals surface area contributed by atoms with Gasteiger partial charge in [0.05, 0.1) is 16.3 Å². The molecule has 2 N–H and O–H groups in total. The van der Waals surface area contributed by atoms with Crippen LogP contribution in [0.15, 0.2) is 48.7 Å². The SMILES string of the molecule is CCNc1nc(Nc2ccc(F)c([N+](=O)[O-])c2)cc(-c2ccccn2)n1. The number of benzene rings is 1. The number of rotatable bonds is 6. The average molecular weight is 354 g/mol. The maximum Gasteiger partial charge on any atom is 0.306 e. The van der Waals surface area contributed by atoms with Gasteiger partial charge in [0.2, 0.25) is 11.8 Å². The molecule has 2 aromatic heterocycles. The minimum absolute atomic E-state index is 0.339. The summed E-state index contributed by atoms with van der Waals surface area (Å²) in [6, 6.07) is 10.7. The van der Waals surface area contributed by atoms with Gasteiger partial charge in [-0.25, -0.2) is 4.98 Å². The first-order valence-corrected chi connectivity index (χ1v) is 7.82. The van der Waals surface area contributed by atoms with Gasteiger partial charge in [-0.15, -0.1) is 0 Å². The van der Waals surface area contributed by atoms with E-state index in [1.165, 1.54) is 6.07 Å². The molecule has 0 bridgehead atoms. The number of halogens is 1. The van der Waals surface area contributed by atoms with Gasteiger partial charge in [0.1, 0.15) is 5.82 Å². The lowest BCUT2D eigenvalue weighted by Gasteiger charge is -2.10. The number of pyridine rings is 1. The van der Waals surface area contributed by atoms with E-state index in [4.69, 9.17) is 0 Å². The molecular formula is C17H15FN6O2. The molecule has 2 heterocycles. The van der Waals surface area contributed by atoms with Crippen LogP contribution in [0.5, 0.6) is 0 Å². The minimum Gasteiger partial charge on any atom is -0.354 e. The number of anilines is 3. The van der Waals surface area contributed by atoms with Crippen LogP contribution in [-0.4, -0.2) is 26.4 Å². The quantitative estimate of drug-likeness (QED) is 0.513. The summed E-state index contributed by atoms with van der Waals surface area (Å²) in [5.41, 5.74) is 0.963. The van der Waals surface area contributed by atoms with Crippen LogP contribution in [0.3, 0.4) is 0 Å². The van der Waals surface area contributed by atoms with Crippen molar-refractivity contribution in [2.24, 2.45) is 0 Å². The molecule has 0 saturated heterocycles. The summed E-state index contributed by atoms with van der Waals surface area (Å²) in [6.45, 7) is 2.53. The summed E-state index contributed by atoms with van der Waals surface area (Å²) in [5, 5.41) is 16.9. The Morgan fingerprint density at radius 3 is 2.69 bits per heavy atom. The monoisotopic (exact) mass is 354 g/mol. The Morgan fingerprint density at radius 2 is 2.00 bits per heavy atom. The van der Waals surface area contributed by atoms with Crippen LogP contribution < -0.4 is 10.6 Å². The topological polar surface area (TPSA) is 106 Å². The lowest BCUT2D eigenvalue weighted by molar-refractivity contribution is -0.387. The van der Waals surface area contributed by atoms with E-state index in [0.717, 1.165) is 12.1 Å². The fourth-order valence-electron chi connectivity index (χ4n) is 2.27. The molecule has 0 fully saturated rings. The van der Waals surface area contributed by atoms with E-state index in [-0.39, 0.29) is 0 Å². The molecular weight excluding hydrogens is 339 g/mol. The molecule has 9 heteroatoms. The molecule has 0 amide bonds. The summed E-state index contributed by atoms with van der Waals surface area (Å²) < 4.78 is 13.5. The van der Waals surface area contributed by atoms with Gasteiger partial charge in [0.25, 0.3) is 0 Å². The Morgan fingerprint density at radius 1 is 1.15 bits per heavy atom. The van der Waals surface area contributed by atoms with Crippen molar-refractivity contribution < 1.29 is 9.31 Å². The van der Waals surface area contributed by atoms with Crippen molar-refractivity contribution in [1.82, 2.24) is 15.0 Å². The zero-order valence-electron chi connectivity index (χ0n) is 13.8. The summed E-state index contributed by atoms with van der Waals surface area (Å²) in [5.74, 6) is -0.113. The predicted octanol–water partition coefficient (Wildman–Crippen LogP) is 3.76. The molecule has 0 saturated carbocycles. The molecule has 8 nitrogen and oxygen atoms in total. The molecule has 0 aliphatic rings. The molecule has 0 unspecified atom stereocenters. The van der Waals surface area contributed by atoms with Crippen LogP contribution in [0.1, 0.15) is 6.92 Å².